The molecule has 0 amide bonds. The largest absolute Gasteiger partial charge is 0.453 e. The third-order valence-corrected chi connectivity index (χ3v) is 5.60. The van der Waals surface area contributed by atoms with E-state index in [1.165, 1.54) is 11.3 Å². The molecule has 0 saturated carbocycles. The van der Waals surface area contributed by atoms with E-state index in [2.05, 4.69) is 25.8 Å². The lowest BCUT2D eigenvalue weighted by Crippen LogP contribution is -2.15. The number of hydrogen-bond acceptors (Lipinski definition) is 5. The van der Waals surface area contributed by atoms with Gasteiger partial charge in [0, 0.05) is 11.1 Å². The number of carbonyl (C=O) groups excluding carboxylic acids is 2. The monoisotopic (exact) mass is 393 g/mol. The molecular formula is C23H23NO3S. The van der Waals surface area contributed by atoms with Gasteiger partial charge in [-0.15, -0.1) is 11.3 Å². The van der Waals surface area contributed by atoms with Gasteiger partial charge >= 0.3 is 5.97 Å². The summed E-state index contributed by atoms with van der Waals surface area (Å²) in [5.74, 6) is -0.740. The molecule has 0 atom stereocenters. The Hall–Kier alpha value is -2.79. The summed E-state index contributed by atoms with van der Waals surface area (Å²) in [6.45, 7) is 7.84. The smallest absolute Gasteiger partial charge is 0.350 e. The van der Waals surface area contributed by atoms with Crippen LogP contribution in [0.25, 0.3) is 10.6 Å². The molecule has 0 aliphatic carbocycles. The van der Waals surface area contributed by atoms with E-state index < -0.39 is 5.97 Å². The Bertz CT molecular complexity index is 983. The van der Waals surface area contributed by atoms with E-state index in [0.717, 1.165) is 16.1 Å². The second-order valence-corrected chi connectivity index (χ2v) is 8.63. The van der Waals surface area contributed by atoms with Crippen molar-refractivity contribution in [2.24, 2.45) is 0 Å². The summed E-state index contributed by atoms with van der Waals surface area (Å²) in [5.41, 5.74) is 3.26. The summed E-state index contributed by atoms with van der Waals surface area (Å²) in [6.07, 6.45) is 0. The number of rotatable bonds is 5. The van der Waals surface area contributed by atoms with Crippen molar-refractivity contribution in [3.05, 3.63) is 76.3 Å². The minimum Gasteiger partial charge on any atom is -0.453 e. The lowest BCUT2D eigenvalue weighted by molar-refractivity contribution is 0.0478. The van der Waals surface area contributed by atoms with Gasteiger partial charge in [-0.05, 0) is 17.9 Å². The van der Waals surface area contributed by atoms with Gasteiger partial charge in [0.15, 0.2) is 12.4 Å². The molecule has 0 saturated heterocycles. The average molecular weight is 394 g/mol. The third kappa shape index (κ3) is 4.54. The lowest BCUT2D eigenvalue weighted by atomic mass is 9.86. The maximum absolute atomic E-state index is 12.4. The van der Waals surface area contributed by atoms with Crippen molar-refractivity contribution in [2.45, 2.75) is 33.1 Å². The number of nitrogens with zero attached hydrogens (tertiary/aromatic N) is 1. The first-order valence-corrected chi connectivity index (χ1v) is 9.91. The van der Waals surface area contributed by atoms with Gasteiger partial charge in [0.1, 0.15) is 9.88 Å². The molecule has 1 aromatic heterocycles. The molecule has 4 nitrogen and oxygen atoms in total. The molecule has 144 valence electrons. The van der Waals surface area contributed by atoms with E-state index in [-0.39, 0.29) is 17.8 Å². The SMILES string of the molecule is Cc1nc(-c2ccccc2)sc1C(=O)OCC(=O)c1ccc(C(C)(C)C)cc1. The molecule has 28 heavy (non-hydrogen) atoms. The fourth-order valence-electron chi connectivity index (χ4n) is 2.73. The van der Waals surface area contributed by atoms with Crippen LogP contribution in [0.4, 0.5) is 0 Å². The minimum atomic E-state index is -0.517. The van der Waals surface area contributed by atoms with Crippen LogP contribution in [0.1, 0.15) is 52.1 Å². The van der Waals surface area contributed by atoms with Crippen LogP contribution >= 0.6 is 11.3 Å². The van der Waals surface area contributed by atoms with E-state index in [9.17, 15) is 9.59 Å². The predicted molar refractivity (Wildman–Crippen MR) is 112 cm³/mol. The molecule has 1 heterocycles. The van der Waals surface area contributed by atoms with Crippen molar-refractivity contribution in [2.75, 3.05) is 6.61 Å². The first kappa shape index (κ1) is 20.0. The van der Waals surface area contributed by atoms with Crippen molar-refractivity contribution in [1.82, 2.24) is 4.98 Å². The summed E-state index contributed by atoms with van der Waals surface area (Å²) in [6, 6.07) is 17.1. The van der Waals surface area contributed by atoms with Gasteiger partial charge in [0.2, 0.25) is 0 Å². The second kappa shape index (κ2) is 8.07. The fraction of sp³-hybridized carbons (Fsp3) is 0.261. The zero-order chi connectivity index (χ0) is 20.3. The van der Waals surface area contributed by atoms with Gasteiger partial charge in [0.25, 0.3) is 0 Å². The molecule has 0 unspecified atom stereocenters. The van der Waals surface area contributed by atoms with Crippen LogP contribution in [-0.2, 0) is 10.2 Å². The van der Waals surface area contributed by atoms with Crippen LogP contribution in [0.3, 0.4) is 0 Å². The van der Waals surface area contributed by atoms with Crippen LogP contribution in [-0.4, -0.2) is 23.3 Å². The molecule has 0 spiro atoms. The Morgan fingerprint density at radius 2 is 1.64 bits per heavy atom. The van der Waals surface area contributed by atoms with Crippen molar-refractivity contribution >= 4 is 23.1 Å². The van der Waals surface area contributed by atoms with E-state index in [4.69, 9.17) is 4.74 Å². The molecule has 5 heteroatoms. The highest BCUT2D eigenvalue weighted by molar-refractivity contribution is 7.17. The van der Waals surface area contributed by atoms with E-state index >= 15 is 0 Å². The Labute approximate surface area is 169 Å². The molecule has 0 N–H and O–H groups in total. The molecule has 0 aliphatic rings. The van der Waals surface area contributed by atoms with Crippen molar-refractivity contribution in [3.63, 3.8) is 0 Å². The Kier molecular flexibility index (Phi) is 5.75. The van der Waals surface area contributed by atoms with E-state index in [0.29, 0.717) is 16.1 Å². The van der Waals surface area contributed by atoms with Crippen LogP contribution in [0, 0.1) is 6.92 Å². The molecule has 0 aliphatic heterocycles. The average Bonchev–Trinajstić information content (AvgIpc) is 3.08. The van der Waals surface area contributed by atoms with E-state index in [1.54, 1.807) is 19.1 Å². The number of ether oxygens (including phenoxy) is 1. The quantitative estimate of drug-likeness (QED) is 0.427. The van der Waals surface area contributed by atoms with Gasteiger partial charge in [-0.3, -0.25) is 4.79 Å². The van der Waals surface area contributed by atoms with Crippen LogP contribution < -0.4 is 0 Å². The lowest BCUT2D eigenvalue weighted by Gasteiger charge is -2.18. The van der Waals surface area contributed by atoms with Gasteiger partial charge in [0.05, 0.1) is 5.69 Å². The van der Waals surface area contributed by atoms with E-state index in [1.807, 2.05) is 42.5 Å². The van der Waals surface area contributed by atoms with Crippen molar-refractivity contribution < 1.29 is 14.3 Å². The van der Waals surface area contributed by atoms with Gasteiger partial charge in [-0.2, -0.15) is 0 Å². The minimum absolute atomic E-state index is 0.0220. The second-order valence-electron chi connectivity index (χ2n) is 7.63. The summed E-state index contributed by atoms with van der Waals surface area (Å²) in [5, 5.41) is 0.758. The first-order chi connectivity index (χ1) is 13.3. The number of aromatic nitrogens is 1. The fourth-order valence-corrected chi connectivity index (χ4v) is 3.69. The number of Topliss-reactive ketones (excluding diaryl/α,β-unsaturated/α-hetero) is 1. The molecule has 3 rings (SSSR count). The topological polar surface area (TPSA) is 56.3 Å². The normalized spacial score (nSPS) is 11.3. The van der Waals surface area contributed by atoms with Crippen molar-refractivity contribution in [1.29, 1.82) is 0 Å². The number of aryl methyl sites for hydroxylation is 1. The highest BCUT2D eigenvalue weighted by atomic mass is 32.1. The molecule has 2 aromatic carbocycles. The van der Waals surface area contributed by atoms with Gasteiger partial charge in [-0.25, -0.2) is 9.78 Å². The number of hydrogen-bond donors (Lipinski definition) is 0. The maximum Gasteiger partial charge on any atom is 0.350 e. The number of benzene rings is 2. The van der Waals surface area contributed by atoms with Crippen molar-refractivity contribution in [3.8, 4) is 10.6 Å². The number of esters is 1. The zero-order valence-corrected chi connectivity index (χ0v) is 17.3. The van der Waals surface area contributed by atoms with Gasteiger partial charge < -0.3 is 4.74 Å². The van der Waals surface area contributed by atoms with Crippen LogP contribution in [0.2, 0.25) is 0 Å². The summed E-state index contributed by atoms with van der Waals surface area (Å²) in [7, 11) is 0. The number of thiazole rings is 1. The number of carbonyl (C=O) groups is 2. The summed E-state index contributed by atoms with van der Waals surface area (Å²) in [4.78, 5) is 29.7. The predicted octanol–water partition coefficient (Wildman–Crippen LogP) is 5.46. The first-order valence-electron chi connectivity index (χ1n) is 9.09. The highest BCUT2D eigenvalue weighted by Crippen LogP contribution is 2.28. The summed E-state index contributed by atoms with van der Waals surface area (Å²) >= 11 is 1.28. The zero-order valence-electron chi connectivity index (χ0n) is 16.5. The molecular weight excluding hydrogens is 370 g/mol. The summed E-state index contributed by atoms with van der Waals surface area (Å²) < 4.78 is 5.25. The molecule has 0 bridgehead atoms. The molecule has 0 radical (unpaired) electrons. The van der Waals surface area contributed by atoms with Crippen LogP contribution in [0.5, 0.6) is 0 Å². The number of ketones is 1. The Morgan fingerprint density at radius 1 is 1.00 bits per heavy atom. The third-order valence-electron chi connectivity index (χ3n) is 4.41. The Morgan fingerprint density at radius 3 is 2.25 bits per heavy atom. The standard InChI is InChI=1S/C23H23NO3S/c1-15-20(28-21(24-15)17-8-6-5-7-9-17)22(26)27-14-19(25)16-10-12-18(13-11-16)23(2,3)4/h5-13H,14H2,1-4H3. The Balaban J connectivity index is 1.66. The maximum atomic E-state index is 12.4. The molecule has 3 aromatic rings. The van der Waals surface area contributed by atoms with Crippen LogP contribution in [0.15, 0.2) is 54.6 Å². The van der Waals surface area contributed by atoms with Gasteiger partial charge in [-0.1, -0.05) is 75.4 Å². The molecule has 0 fully saturated rings. The highest BCUT2D eigenvalue weighted by Gasteiger charge is 2.19.